The second kappa shape index (κ2) is 7.90. The molecule has 27 heavy (non-hydrogen) atoms. The molecule has 1 unspecified atom stereocenters. The highest BCUT2D eigenvalue weighted by molar-refractivity contribution is 7.88. The molecule has 0 spiro atoms. The number of benzene rings is 1. The summed E-state index contributed by atoms with van der Waals surface area (Å²) >= 11 is 0. The van der Waals surface area contributed by atoms with Crippen LogP contribution in [0.1, 0.15) is 40.5 Å². The molecule has 1 saturated heterocycles. The fourth-order valence-electron chi connectivity index (χ4n) is 3.16. The van der Waals surface area contributed by atoms with Gasteiger partial charge in [-0.25, -0.2) is 8.42 Å². The molecule has 9 heteroatoms. The highest BCUT2D eigenvalue weighted by Crippen LogP contribution is 2.24. The van der Waals surface area contributed by atoms with E-state index in [1.54, 1.807) is 48.3 Å². The summed E-state index contributed by atoms with van der Waals surface area (Å²) < 4.78 is 28.8. The third-order valence-electron chi connectivity index (χ3n) is 4.63. The molecule has 142 valence electrons. The molecule has 8 nitrogen and oxygen atoms in total. The van der Waals surface area contributed by atoms with Gasteiger partial charge in [-0.15, -0.1) is 0 Å². The molecule has 1 amide bonds. The number of aromatic nitrogens is 2. The number of nitriles is 1. The largest absolute Gasteiger partial charge is 0.354 e. The van der Waals surface area contributed by atoms with Crippen molar-refractivity contribution in [3.05, 3.63) is 53.3 Å². The number of carbonyl (C=O) groups is 1. The van der Waals surface area contributed by atoms with E-state index in [1.807, 2.05) is 6.07 Å². The van der Waals surface area contributed by atoms with Crippen LogP contribution in [-0.4, -0.2) is 48.5 Å². The van der Waals surface area contributed by atoms with Gasteiger partial charge in [0, 0.05) is 26.3 Å². The Balaban J connectivity index is 1.71. The molecule has 1 N–H and O–H groups in total. The fourth-order valence-corrected chi connectivity index (χ4v) is 4.76. The fraction of sp³-hybridized carbons (Fsp3) is 0.389. The first kappa shape index (κ1) is 19.1. The number of carbonyl (C=O) groups excluding carboxylic acids is 1. The zero-order valence-electron chi connectivity index (χ0n) is 15.0. The molecule has 2 heterocycles. The van der Waals surface area contributed by atoms with Gasteiger partial charge in [0.15, 0.2) is 0 Å². The second-order valence-corrected chi connectivity index (χ2v) is 8.45. The van der Waals surface area contributed by atoms with Crippen LogP contribution in [0.4, 0.5) is 0 Å². The zero-order valence-corrected chi connectivity index (χ0v) is 15.8. The lowest BCUT2D eigenvalue weighted by molar-refractivity contribution is 0.0956. The molecule has 1 fully saturated rings. The van der Waals surface area contributed by atoms with Gasteiger partial charge in [0.1, 0.15) is 5.69 Å². The van der Waals surface area contributed by atoms with Crippen molar-refractivity contribution in [1.82, 2.24) is 19.4 Å². The number of sulfonamides is 1. The van der Waals surface area contributed by atoms with Crippen molar-refractivity contribution in [3.8, 4) is 6.07 Å². The maximum atomic E-state index is 12.8. The molecule has 0 radical (unpaired) electrons. The molecule has 1 aliphatic rings. The van der Waals surface area contributed by atoms with E-state index in [2.05, 4.69) is 10.4 Å². The first-order valence-corrected chi connectivity index (χ1v) is 10.3. The minimum absolute atomic E-state index is 0.103. The summed E-state index contributed by atoms with van der Waals surface area (Å²) in [6.45, 7) is 0.798. The summed E-state index contributed by atoms with van der Waals surface area (Å²) in [7, 11) is -1.94. The van der Waals surface area contributed by atoms with Crippen molar-refractivity contribution >= 4 is 15.9 Å². The molecule has 3 rings (SSSR count). The highest BCUT2D eigenvalue weighted by atomic mass is 32.2. The smallest absolute Gasteiger partial charge is 0.271 e. The highest BCUT2D eigenvalue weighted by Gasteiger charge is 2.30. The van der Waals surface area contributed by atoms with Gasteiger partial charge in [0.25, 0.3) is 5.91 Å². The summed E-state index contributed by atoms with van der Waals surface area (Å²) in [5.74, 6) is -0.372. The van der Waals surface area contributed by atoms with E-state index in [1.165, 1.54) is 4.31 Å². The monoisotopic (exact) mass is 387 g/mol. The summed E-state index contributed by atoms with van der Waals surface area (Å²) in [5, 5.41) is 15.6. The Bertz CT molecular complexity index is 960. The number of nitrogens with zero attached hydrogens (tertiary/aromatic N) is 4. The summed E-state index contributed by atoms with van der Waals surface area (Å²) in [5.41, 5.74) is 1.46. The average molecular weight is 387 g/mol. The minimum Gasteiger partial charge on any atom is -0.354 e. The predicted molar refractivity (Wildman–Crippen MR) is 99.2 cm³/mol. The van der Waals surface area contributed by atoms with Gasteiger partial charge in [0.05, 0.1) is 23.4 Å². The van der Waals surface area contributed by atoms with Gasteiger partial charge in [-0.2, -0.15) is 14.7 Å². The molecule has 0 bridgehead atoms. The SMILES string of the molecule is CNC(=O)c1ccn(C2CCCN(S(=O)(=O)Cc3ccc(C#N)cc3)C2)n1. The van der Waals surface area contributed by atoms with Gasteiger partial charge in [-0.05, 0) is 36.6 Å². The maximum Gasteiger partial charge on any atom is 0.271 e. The van der Waals surface area contributed by atoms with Crippen LogP contribution < -0.4 is 5.32 Å². The molecule has 2 aromatic rings. The van der Waals surface area contributed by atoms with Crippen LogP contribution in [0.3, 0.4) is 0 Å². The van der Waals surface area contributed by atoms with Crippen LogP contribution in [0.15, 0.2) is 36.5 Å². The van der Waals surface area contributed by atoms with E-state index in [-0.39, 0.29) is 17.7 Å². The summed E-state index contributed by atoms with van der Waals surface area (Å²) in [4.78, 5) is 11.7. The Morgan fingerprint density at radius 2 is 2.07 bits per heavy atom. The molecule has 1 aromatic heterocycles. The van der Waals surface area contributed by atoms with Crippen LogP contribution in [0.5, 0.6) is 0 Å². The van der Waals surface area contributed by atoms with E-state index < -0.39 is 10.0 Å². The van der Waals surface area contributed by atoms with Crippen molar-refractivity contribution in [2.45, 2.75) is 24.6 Å². The van der Waals surface area contributed by atoms with Crippen molar-refractivity contribution in [2.24, 2.45) is 0 Å². The van der Waals surface area contributed by atoms with Crippen molar-refractivity contribution in [1.29, 1.82) is 5.26 Å². The Morgan fingerprint density at radius 1 is 1.33 bits per heavy atom. The van der Waals surface area contributed by atoms with E-state index in [0.29, 0.717) is 29.9 Å². The van der Waals surface area contributed by atoms with Crippen molar-refractivity contribution < 1.29 is 13.2 Å². The molecule has 1 aliphatic heterocycles. The van der Waals surface area contributed by atoms with Crippen LogP contribution in [0, 0.1) is 11.3 Å². The van der Waals surface area contributed by atoms with Gasteiger partial charge in [-0.3, -0.25) is 9.48 Å². The van der Waals surface area contributed by atoms with Gasteiger partial charge in [0.2, 0.25) is 10.0 Å². The Hall–Kier alpha value is -2.70. The van der Waals surface area contributed by atoms with E-state index in [0.717, 1.165) is 12.8 Å². The molecular weight excluding hydrogens is 366 g/mol. The Labute approximate surface area is 158 Å². The number of rotatable bonds is 5. The number of amides is 1. The average Bonchev–Trinajstić information content (AvgIpc) is 3.18. The van der Waals surface area contributed by atoms with E-state index >= 15 is 0 Å². The first-order chi connectivity index (χ1) is 12.9. The normalized spacial score (nSPS) is 18.0. The van der Waals surface area contributed by atoms with Gasteiger partial charge >= 0.3 is 0 Å². The molecule has 0 aliphatic carbocycles. The summed E-state index contributed by atoms with van der Waals surface area (Å²) in [6, 6.07) is 10.1. The Kier molecular flexibility index (Phi) is 5.58. The standard InChI is InChI=1S/C18H21N5O3S/c1-20-18(24)17-8-10-23(21-17)16-3-2-9-22(12-16)27(25,26)13-15-6-4-14(11-19)5-7-15/h4-8,10,16H,2-3,9,12-13H2,1H3,(H,20,24). The van der Waals surface area contributed by atoms with Crippen LogP contribution in [0.25, 0.3) is 0 Å². The number of hydrogen-bond donors (Lipinski definition) is 1. The molecule has 1 atom stereocenters. The van der Waals surface area contributed by atoms with Crippen molar-refractivity contribution in [2.75, 3.05) is 20.1 Å². The number of piperidine rings is 1. The lowest BCUT2D eigenvalue weighted by Gasteiger charge is -2.32. The molecule has 0 saturated carbocycles. The third-order valence-corrected chi connectivity index (χ3v) is 6.44. The van der Waals surface area contributed by atoms with E-state index in [4.69, 9.17) is 5.26 Å². The summed E-state index contributed by atoms with van der Waals surface area (Å²) in [6.07, 6.45) is 3.25. The van der Waals surface area contributed by atoms with Gasteiger partial charge < -0.3 is 5.32 Å². The van der Waals surface area contributed by atoms with Crippen LogP contribution in [-0.2, 0) is 15.8 Å². The molecule has 1 aromatic carbocycles. The van der Waals surface area contributed by atoms with Crippen LogP contribution in [0.2, 0.25) is 0 Å². The number of nitrogens with one attached hydrogen (secondary N) is 1. The number of hydrogen-bond acceptors (Lipinski definition) is 5. The lowest BCUT2D eigenvalue weighted by Crippen LogP contribution is -2.41. The maximum absolute atomic E-state index is 12.8. The van der Waals surface area contributed by atoms with E-state index in [9.17, 15) is 13.2 Å². The molecular formula is C18H21N5O3S. The quantitative estimate of drug-likeness (QED) is 0.831. The topological polar surface area (TPSA) is 108 Å². The zero-order chi connectivity index (χ0) is 19.4. The third kappa shape index (κ3) is 4.35. The Morgan fingerprint density at radius 3 is 2.74 bits per heavy atom. The van der Waals surface area contributed by atoms with Crippen LogP contribution >= 0.6 is 0 Å². The predicted octanol–water partition coefficient (Wildman–Crippen LogP) is 1.28. The lowest BCUT2D eigenvalue weighted by atomic mass is 10.1. The van der Waals surface area contributed by atoms with Crippen molar-refractivity contribution in [3.63, 3.8) is 0 Å². The minimum atomic E-state index is -3.48. The van der Waals surface area contributed by atoms with Gasteiger partial charge in [-0.1, -0.05) is 12.1 Å². The first-order valence-electron chi connectivity index (χ1n) is 8.67. The second-order valence-electron chi connectivity index (χ2n) is 6.48.